The first-order chi connectivity index (χ1) is 18.6. The molecule has 2 N–H and O–H groups in total. The molecule has 5 rings (SSSR count). The number of allylic oxidation sites excluding steroid dienone is 4. The number of rotatable bonds is 6. The van der Waals surface area contributed by atoms with Crippen LogP contribution >= 0.6 is 23.2 Å². The minimum Gasteiger partial charge on any atom is -0.338 e. The first kappa shape index (κ1) is 26.4. The summed E-state index contributed by atoms with van der Waals surface area (Å²) in [5.74, 6) is 1.61. The number of aromatic amines is 1. The number of nitrogens with zero attached hydrogens (tertiary/aromatic N) is 6. The van der Waals surface area contributed by atoms with E-state index in [0.717, 1.165) is 39.3 Å². The van der Waals surface area contributed by atoms with Gasteiger partial charge >= 0.3 is 6.03 Å². The SMILES string of the molecule is C=N/C(C)=C\C=C(/C)Nc1ncc2c(n1)N(C)C(=O)N(c1cc(-c3nc4cc(Cl)c(Cl)cc4[nH]3)ccc1C)C2. The van der Waals surface area contributed by atoms with Crippen LogP contribution in [0.5, 0.6) is 0 Å². The van der Waals surface area contributed by atoms with E-state index in [9.17, 15) is 4.79 Å². The van der Waals surface area contributed by atoms with Crippen LogP contribution in [0, 0.1) is 6.92 Å². The minimum absolute atomic E-state index is 0.196. The summed E-state index contributed by atoms with van der Waals surface area (Å²) in [6, 6.07) is 9.17. The molecule has 0 bridgehead atoms. The number of hydrogen-bond acceptors (Lipinski definition) is 6. The van der Waals surface area contributed by atoms with Gasteiger partial charge in [0.15, 0.2) is 0 Å². The van der Waals surface area contributed by atoms with Crippen molar-refractivity contribution in [3.63, 3.8) is 0 Å². The molecule has 3 heterocycles. The van der Waals surface area contributed by atoms with Gasteiger partial charge in [0.25, 0.3) is 0 Å². The van der Waals surface area contributed by atoms with Crippen LogP contribution in [0.2, 0.25) is 10.0 Å². The summed E-state index contributed by atoms with van der Waals surface area (Å²) >= 11 is 12.3. The molecule has 9 nitrogen and oxygen atoms in total. The van der Waals surface area contributed by atoms with Gasteiger partial charge in [-0.3, -0.25) is 14.8 Å². The largest absolute Gasteiger partial charge is 0.338 e. The summed E-state index contributed by atoms with van der Waals surface area (Å²) in [6.07, 6.45) is 5.45. The Bertz CT molecular complexity index is 1650. The molecule has 0 spiro atoms. The van der Waals surface area contributed by atoms with Crippen molar-refractivity contribution in [2.45, 2.75) is 27.3 Å². The highest BCUT2D eigenvalue weighted by molar-refractivity contribution is 6.42. The standard InChI is InChI=1S/C28H26Cl2N8O/c1-15-6-9-18(25-34-22-11-20(29)21(30)12-23(22)35-25)10-24(15)38-14-19-13-32-27(36-26(19)37(5)28(38)39)33-17(3)8-7-16(2)31-4/h6-13H,4,14H2,1-3,5H3,(H,34,35)(H,32,33,36)/b16-7-,17-8+. The fourth-order valence-electron chi connectivity index (χ4n) is 4.26. The smallest absolute Gasteiger partial charge is 0.330 e. The lowest BCUT2D eigenvalue weighted by Gasteiger charge is -2.35. The average Bonchev–Trinajstić information content (AvgIpc) is 3.32. The number of carbonyl (C=O) groups excluding carboxylic acids is 1. The average molecular weight is 561 g/mol. The normalized spacial score (nSPS) is 14.2. The summed E-state index contributed by atoms with van der Waals surface area (Å²) in [6.45, 7) is 9.56. The third-order valence-electron chi connectivity index (χ3n) is 6.44. The number of halogens is 2. The maximum absolute atomic E-state index is 13.5. The Morgan fingerprint density at radius 1 is 1.15 bits per heavy atom. The Morgan fingerprint density at radius 2 is 1.92 bits per heavy atom. The van der Waals surface area contributed by atoms with Gasteiger partial charge in [0, 0.05) is 41.5 Å². The highest BCUT2D eigenvalue weighted by Gasteiger charge is 2.31. The molecule has 0 atom stereocenters. The molecule has 0 fully saturated rings. The van der Waals surface area contributed by atoms with Crippen LogP contribution in [0.25, 0.3) is 22.4 Å². The second kappa shape index (κ2) is 10.5. The van der Waals surface area contributed by atoms with Crippen molar-refractivity contribution < 1.29 is 4.79 Å². The van der Waals surface area contributed by atoms with Gasteiger partial charge in [0.1, 0.15) is 11.6 Å². The summed E-state index contributed by atoms with van der Waals surface area (Å²) in [4.78, 5) is 37.7. The maximum Gasteiger partial charge on any atom is 0.330 e. The third kappa shape index (κ3) is 5.23. The van der Waals surface area contributed by atoms with Crippen LogP contribution < -0.4 is 15.1 Å². The number of fused-ring (bicyclic) bond motifs is 2. The molecule has 1 aliphatic rings. The molecule has 0 unspecified atom stereocenters. The van der Waals surface area contributed by atoms with E-state index in [1.54, 1.807) is 30.3 Å². The number of imidazole rings is 1. The number of aromatic nitrogens is 4. The van der Waals surface area contributed by atoms with Crippen LogP contribution in [0.1, 0.15) is 25.0 Å². The van der Waals surface area contributed by atoms with E-state index in [1.807, 2.05) is 51.1 Å². The van der Waals surface area contributed by atoms with Crippen LogP contribution in [-0.4, -0.2) is 39.7 Å². The van der Waals surface area contributed by atoms with Crippen LogP contribution in [0.4, 0.5) is 22.2 Å². The molecule has 0 saturated carbocycles. The zero-order chi connectivity index (χ0) is 27.8. The highest BCUT2D eigenvalue weighted by atomic mass is 35.5. The lowest BCUT2D eigenvalue weighted by Crippen LogP contribution is -2.46. The predicted molar refractivity (Wildman–Crippen MR) is 159 cm³/mol. The molecule has 1 aliphatic heterocycles. The Hall–Kier alpha value is -4.21. The van der Waals surface area contributed by atoms with Crippen LogP contribution in [0.3, 0.4) is 0 Å². The van der Waals surface area contributed by atoms with Gasteiger partial charge in [0.2, 0.25) is 5.95 Å². The number of aliphatic imine (C=N–C) groups is 1. The number of benzene rings is 2. The Balaban J connectivity index is 1.44. The Kier molecular flexibility index (Phi) is 7.12. The van der Waals surface area contributed by atoms with E-state index < -0.39 is 0 Å². The number of nitrogens with one attached hydrogen (secondary N) is 2. The molecule has 0 saturated heterocycles. The van der Waals surface area contributed by atoms with E-state index >= 15 is 0 Å². The van der Waals surface area contributed by atoms with Gasteiger partial charge in [-0.2, -0.15) is 4.98 Å². The summed E-state index contributed by atoms with van der Waals surface area (Å²) in [7, 11) is 1.71. The molecule has 2 aromatic carbocycles. The zero-order valence-corrected chi connectivity index (χ0v) is 23.4. The van der Waals surface area contributed by atoms with Gasteiger partial charge in [-0.15, -0.1) is 0 Å². The highest BCUT2D eigenvalue weighted by Crippen LogP contribution is 2.35. The van der Waals surface area contributed by atoms with E-state index in [-0.39, 0.29) is 6.03 Å². The van der Waals surface area contributed by atoms with Crippen molar-refractivity contribution in [1.29, 1.82) is 0 Å². The molecule has 0 radical (unpaired) electrons. The molecule has 4 aromatic rings. The number of aryl methyl sites for hydroxylation is 1. The van der Waals surface area contributed by atoms with Gasteiger partial charge < -0.3 is 10.3 Å². The minimum atomic E-state index is -0.196. The number of urea groups is 1. The van der Waals surface area contributed by atoms with Crippen molar-refractivity contribution in [3.05, 3.63) is 81.2 Å². The second-order valence-corrected chi connectivity index (χ2v) is 10.1. The molecule has 39 heavy (non-hydrogen) atoms. The van der Waals surface area contributed by atoms with Gasteiger partial charge in [-0.1, -0.05) is 35.3 Å². The van der Waals surface area contributed by atoms with Gasteiger partial charge in [0.05, 0.1) is 27.6 Å². The number of H-pyrrole nitrogens is 1. The maximum atomic E-state index is 13.5. The number of hydrogen-bond donors (Lipinski definition) is 2. The molecule has 198 valence electrons. The predicted octanol–water partition coefficient (Wildman–Crippen LogP) is 7.13. The lowest BCUT2D eigenvalue weighted by molar-refractivity contribution is 0.251. The second-order valence-electron chi connectivity index (χ2n) is 9.28. The van der Waals surface area contributed by atoms with Crippen molar-refractivity contribution in [2.75, 3.05) is 22.2 Å². The molecule has 11 heteroatoms. The van der Waals surface area contributed by atoms with Crippen molar-refractivity contribution in [1.82, 2.24) is 19.9 Å². The summed E-state index contributed by atoms with van der Waals surface area (Å²) < 4.78 is 0. The van der Waals surface area contributed by atoms with Gasteiger partial charge in [-0.25, -0.2) is 14.8 Å². The number of amides is 2. The molecular weight excluding hydrogens is 535 g/mol. The summed E-state index contributed by atoms with van der Waals surface area (Å²) in [5, 5.41) is 4.05. The summed E-state index contributed by atoms with van der Waals surface area (Å²) in [5.41, 5.74) is 6.48. The first-order valence-electron chi connectivity index (χ1n) is 12.1. The van der Waals surface area contributed by atoms with E-state index in [2.05, 4.69) is 37.0 Å². The van der Waals surface area contributed by atoms with Crippen molar-refractivity contribution in [2.24, 2.45) is 4.99 Å². The monoisotopic (exact) mass is 560 g/mol. The van der Waals surface area contributed by atoms with E-state index in [1.165, 1.54) is 4.90 Å². The van der Waals surface area contributed by atoms with E-state index in [4.69, 9.17) is 23.2 Å². The number of carbonyl (C=O) groups is 1. The van der Waals surface area contributed by atoms with Crippen molar-refractivity contribution >= 4 is 64.4 Å². The van der Waals surface area contributed by atoms with Crippen molar-refractivity contribution in [3.8, 4) is 11.4 Å². The first-order valence-corrected chi connectivity index (χ1v) is 12.9. The topological polar surface area (TPSA) is 102 Å². The number of anilines is 3. The fourth-order valence-corrected chi connectivity index (χ4v) is 4.58. The fraction of sp³-hybridized carbons (Fsp3) is 0.179. The molecule has 2 aromatic heterocycles. The van der Waals surface area contributed by atoms with Gasteiger partial charge in [-0.05, 0) is 63.4 Å². The quantitative estimate of drug-likeness (QED) is 0.193. The zero-order valence-electron chi connectivity index (χ0n) is 21.9. The Morgan fingerprint density at radius 3 is 2.69 bits per heavy atom. The van der Waals surface area contributed by atoms with Crippen LogP contribution in [0.15, 0.2) is 65.1 Å². The lowest BCUT2D eigenvalue weighted by atomic mass is 10.1. The van der Waals surface area contributed by atoms with Crippen LogP contribution in [-0.2, 0) is 6.54 Å². The Labute approximate surface area is 235 Å². The molecule has 2 amide bonds. The molecule has 0 aliphatic carbocycles. The third-order valence-corrected chi connectivity index (χ3v) is 7.16. The van der Waals surface area contributed by atoms with E-state index in [0.29, 0.717) is 39.7 Å². The molecular formula is C28H26Cl2N8O.